The molecule has 1 saturated heterocycles. The third-order valence-electron chi connectivity index (χ3n) is 10.0. The highest BCUT2D eigenvalue weighted by atomic mass is 32.2. The van der Waals surface area contributed by atoms with Crippen LogP contribution in [0.1, 0.15) is 81.1 Å². The molecule has 0 aromatic heterocycles. The first-order valence-electron chi connectivity index (χ1n) is 18.6. The normalized spacial score (nSPS) is 18.5. The Morgan fingerprint density at radius 2 is 1.59 bits per heavy atom. The number of nitrogen functional groups attached to an aromatic ring is 1. The number of benzene rings is 1. The van der Waals surface area contributed by atoms with E-state index >= 15 is 0 Å². The highest BCUT2D eigenvalue weighted by Gasteiger charge is 2.42. The second-order valence-electron chi connectivity index (χ2n) is 15.4. The highest BCUT2D eigenvalue weighted by molar-refractivity contribution is 7.83. The minimum atomic E-state index is -1.81. The van der Waals surface area contributed by atoms with E-state index in [0.29, 0.717) is 36.4 Å². The lowest BCUT2D eigenvalue weighted by Crippen LogP contribution is -2.56. The van der Waals surface area contributed by atoms with Crippen molar-refractivity contribution in [2.24, 2.45) is 17.8 Å². The van der Waals surface area contributed by atoms with E-state index in [1.165, 1.54) is 31.1 Å². The number of methoxy groups -OCH3 is 2. The number of likely N-dealkylation sites (tertiary alicyclic amines) is 1. The van der Waals surface area contributed by atoms with Crippen LogP contribution in [0, 0.1) is 17.8 Å². The molecule has 1 aliphatic rings. The zero-order chi connectivity index (χ0) is 41.1. The Labute approximate surface area is 323 Å². The molecule has 0 saturated carbocycles. The van der Waals surface area contributed by atoms with Crippen LogP contribution < -0.4 is 15.8 Å². The summed E-state index contributed by atoms with van der Waals surface area (Å²) in [5.74, 6) is -2.67. The molecule has 1 heterocycles. The fourth-order valence-corrected chi connectivity index (χ4v) is 7.80. The highest BCUT2D eigenvalue weighted by Crippen LogP contribution is 2.29. The van der Waals surface area contributed by atoms with Gasteiger partial charge in [0, 0.05) is 40.5 Å². The van der Waals surface area contributed by atoms with Gasteiger partial charge in [-0.1, -0.05) is 41.0 Å². The summed E-state index contributed by atoms with van der Waals surface area (Å²) in [4.78, 5) is 71.8. The van der Waals surface area contributed by atoms with Crippen LogP contribution in [0.3, 0.4) is 0 Å². The first-order chi connectivity index (χ1) is 25.2. The van der Waals surface area contributed by atoms with Gasteiger partial charge in [0.25, 0.3) is 0 Å². The molecule has 1 aromatic rings. The van der Waals surface area contributed by atoms with E-state index in [4.69, 9.17) is 19.9 Å². The van der Waals surface area contributed by atoms with Crippen molar-refractivity contribution in [1.82, 2.24) is 24.7 Å². The average Bonchev–Trinajstić information content (AvgIpc) is 3.59. The van der Waals surface area contributed by atoms with E-state index in [9.17, 15) is 28.2 Å². The molecular weight excluding hydrogens is 717 g/mol. The van der Waals surface area contributed by atoms with Gasteiger partial charge in [0.1, 0.15) is 11.6 Å². The van der Waals surface area contributed by atoms with Gasteiger partial charge in [0.2, 0.25) is 23.6 Å². The summed E-state index contributed by atoms with van der Waals surface area (Å²) in [5.41, 5.74) is 5.49. The lowest BCUT2D eigenvalue weighted by Gasteiger charge is -2.39. The molecule has 0 spiro atoms. The largest absolute Gasteiger partial charge is 0.444 e. The van der Waals surface area contributed by atoms with Crippen molar-refractivity contribution in [3.8, 4) is 0 Å². The molecule has 306 valence electrons. The van der Waals surface area contributed by atoms with E-state index in [0.717, 1.165) is 0 Å². The molecule has 54 heavy (non-hydrogen) atoms. The number of hydrogen-bond acceptors (Lipinski definition) is 10. The van der Waals surface area contributed by atoms with Crippen molar-refractivity contribution >= 4 is 46.4 Å². The molecule has 1 aliphatic heterocycles. The van der Waals surface area contributed by atoms with Crippen LogP contribution in [-0.2, 0) is 44.4 Å². The van der Waals surface area contributed by atoms with Crippen molar-refractivity contribution in [1.29, 1.82) is 0 Å². The summed E-state index contributed by atoms with van der Waals surface area (Å²) in [6, 6.07) is 4.55. The Hall–Kier alpha value is -3.76. The molecule has 0 aliphatic carbocycles. The first kappa shape index (κ1) is 46.4. The van der Waals surface area contributed by atoms with Crippen LogP contribution in [-0.4, -0.2) is 126 Å². The maximum Gasteiger partial charge on any atom is 0.410 e. The molecule has 2 rings (SSSR count). The van der Waals surface area contributed by atoms with Gasteiger partial charge in [-0.25, -0.2) is 9.00 Å². The summed E-state index contributed by atoms with van der Waals surface area (Å²) in [6.07, 6.45) is -0.0698. The number of ether oxygens (including phenoxy) is 3. The van der Waals surface area contributed by atoms with Gasteiger partial charge in [-0.05, 0) is 69.7 Å². The molecule has 1 fully saturated rings. The molecular formula is C38H64N6O9S. The Balaban J connectivity index is 2.17. The van der Waals surface area contributed by atoms with Crippen LogP contribution in [0.2, 0.25) is 0 Å². The van der Waals surface area contributed by atoms with Crippen LogP contribution in [0.5, 0.6) is 0 Å². The minimum absolute atomic E-state index is 0.0414. The van der Waals surface area contributed by atoms with Gasteiger partial charge in [0.05, 0.1) is 48.1 Å². The maximum atomic E-state index is 14.0. The Kier molecular flexibility index (Phi) is 17.9. The number of nitrogens with two attached hydrogens (primary N) is 1. The first-order valence-corrected chi connectivity index (χ1v) is 19.8. The molecule has 1 aromatic carbocycles. The summed E-state index contributed by atoms with van der Waals surface area (Å²) in [6.45, 7) is 14.6. The Bertz CT molecular complexity index is 1450. The number of nitrogens with zero attached hydrogens (tertiary/aromatic N) is 3. The standard InChI is InChI=1S/C38H64N6O9S/c1-13-24(4)33(42(9)31(46)22-40-36(48)32(23(2)3)43(10)37(49)53-38(6,7)8)29(51-11)21-30(45)44-20-14-15-28(44)34(52-12)25(5)35(47)41-54(50)27-18-16-26(39)17-19-27/h16-19,23-25,28-29,32-34H,13-15,20-22,39H2,1-12H3,(H,40,48)(H,41,47). The van der Waals surface area contributed by atoms with E-state index in [1.807, 2.05) is 13.8 Å². The number of amides is 5. The molecule has 8 atom stereocenters. The third-order valence-corrected chi connectivity index (χ3v) is 11.1. The molecule has 15 nitrogen and oxygen atoms in total. The van der Waals surface area contributed by atoms with Gasteiger partial charge in [-0.15, -0.1) is 0 Å². The van der Waals surface area contributed by atoms with E-state index in [2.05, 4.69) is 10.0 Å². The summed E-state index contributed by atoms with van der Waals surface area (Å²) in [7, 11) is 4.30. The SMILES string of the molecule is CCC(C)C(C(CC(=O)N1CCCC1C(OC)C(C)C(=O)NS(=O)c1ccc(N)cc1)OC)N(C)C(=O)CNC(=O)C(C(C)C)N(C)C(=O)OC(C)(C)C. The number of carbonyl (C=O) groups is 5. The van der Waals surface area contributed by atoms with Gasteiger partial charge >= 0.3 is 6.09 Å². The predicted octanol–water partition coefficient (Wildman–Crippen LogP) is 3.34. The Morgan fingerprint density at radius 1 is 0.981 bits per heavy atom. The van der Waals surface area contributed by atoms with Crippen molar-refractivity contribution in [3.63, 3.8) is 0 Å². The topological polar surface area (TPSA) is 190 Å². The van der Waals surface area contributed by atoms with Gasteiger partial charge in [-0.2, -0.15) is 0 Å². The summed E-state index contributed by atoms with van der Waals surface area (Å²) < 4.78 is 32.6. The zero-order valence-electron chi connectivity index (χ0n) is 34.2. The second kappa shape index (κ2) is 20.8. The average molecular weight is 781 g/mol. The lowest BCUT2D eigenvalue weighted by molar-refractivity contribution is -0.145. The third kappa shape index (κ3) is 12.7. The van der Waals surface area contributed by atoms with Crippen LogP contribution in [0.15, 0.2) is 29.2 Å². The van der Waals surface area contributed by atoms with E-state index in [1.54, 1.807) is 77.8 Å². The number of carbonyl (C=O) groups excluding carboxylic acids is 5. The van der Waals surface area contributed by atoms with Gasteiger partial charge in [-0.3, -0.25) is 28.8 Å². The van der Waals surface area contributed by atoms with E-state index in [-0.39, 0.29) is 36.6 Å². The molecule has 0 bridgehead atoms. The van der Waals surface area contributed by atoms with Crippen LogP contribution in [0.25, 0.3) is 0 Å². The molecule has 16 heteroatoms. The molecule has 0 radical (unpaired) electrons. The predicted molar refractivity (Wildman–Crippen MR) is 207 cm³/mol. The molecule has 4 N–H and O–H groups in total. The van der Waals surface area contributed by atoms with Crippen molar-refractivity contribution in [2.75, 3.05) is 47.1 Å². The van der Waals surface area contributed by atoms with Crippen LogP contribution >= 0.6 is 0 Å². The molecule has 5 amide bonds. The van der Waals surface area contributed by atoms with Crippen LogP contribution in [0.4, 0.5) is 10.5 Å². The van der Waals surface area contributed by atoms with Gasteiger partial charge in [0.15, 0.2) is 11.0 Å². The fraction of sp³-hybridized carbons (Fsp3) is 0.711. The van der Waals surface area contributed by atoms with Gasteiger partial charge < -0.3 is 35.1 Å². The quantitative estimate of drug-likeness (QED) is 0.186. The lowest BCUT2D eigenvalue weighted by atomic mass is 9.90. The fourth-order valence-electron chi connectivity index (χ4n) is 6.93. The van der Waals surface area contributed by atoms with Crippen molar-refractivity contribution < 1.29 is 42.4 Å². The number of anilines is 1. The summed E-state index contributed by atoms with van der Waals surface area (Å²) in [5, 5.41) is 2.70. The second-order valence-corrected chi connectivity index (χ2v) is 16.7. The van der Waals surface area contributed by atoms with Crippen molar-refractivity contribution in [2.45, 2.75) is 122 Å². The monoisotopic (exact) mass is 780 g/mol. The van der Waals surface area contributed by atoms with Crippen molar-refractivity contribution in [3.05, 3.63) is 24.3 Å². The number of likely N-dealkylation sites (N-methyl/N-ethyl adjacent to an activating group) is 2. The smallest absolute Gasteiger partial charge is 0.410 e. The maximum absolute atomic E-state index is 14.0. The van der Waals surface area contributed by atoms with E-state index < -0.39 is 70.7 Å². The minimum Gasteiger partial charge on any atom is -0.444 e. The number of nitrogens with one attached hydrogen (secondary N) is 2. The summed E-state index contributed by atoms with van der Waals surface area (Å²) >= 11 is 0. The number of hydrogen-bond donors (Lipinski definition) is 3. The number of rotatable bonds is 18. The zero-order valence-corrected chi connectivity index (χ0v) is 35.0. The molecule has 8 unspecified atom stereocenters. The Morgan fingerprint density at radius 3 is 2.11 bits per heavy atom.